The molecule has 1 saturated carbocycles. The quantitative estimate of drug-likeness (QED) is 0.736. The van der Waals surface area contributed by atoms with Gasteiger partial charge in [-0.1, -0.05) is 44.5 Å². The molecule has 2 heteroatoms. The zero-order valence-corrected chi connectivity index (χ0v) is 13.1. The average molecular weight is 277 g/mol. The van der Waals surface area contributed by atoms with E-state index in [4.69, 9.17) is 0 Å². The van der Waals surface area contributed by atoms with Crippen LogP contribution in [0.2, 0.25) is 0 Å². The fourth-order valence-corrected chi connectivity index (χ4v) is 3.35. The predicted octanol–water partition coefficient (Wildman–Crippen LogP) is 4.75. The van der Waals surface area contributed by atoms with Gasteiger partial charge in [-0.2, -0.15) is 11.8 Å². The molecule has 0 bridgehead atoms. The van der Waals surface area contributed by atoms with Gasteiger partial charge in [0.1, 0.15) is 0 Å². The molecule has 2 rings (SSSR count). The first-order valence-electron chi connectivity index (χ1n) is 7.76. The van der Waals surface area contributed by atoms with E-state index in [0.29, 0.717) is 6.04 Å². The van der Waals surface area contributed by atoms with Crippen LogP contribution in [0.15, 0.2) is 24.3 Å². The van der Waals surface area contributed by atoms with Gasteiger partial charge in [-0.3, -0.25) is 0 Å². The Morgan fingerprint density at radius 1 is 1.21 bits per heavy atom. The highest BCUT2D eigenvalue weighted by Gasteiger charge is 2.19. The molecule has 0 radical (unpaired) electrons. The van der Waals surface area contributed by atoms with Crippen molar-refractivity contribution >= 4 is 11.8 Å². The van der Waals surface area contributed by atoms with Crippen LogP contribution < -0.4 is 5.32 Å². The van der Waals surface area contributed by atoms with Crippen molar-refractivity contribution in [2.45, 2.75) is 51.5 Å². The van der Waals surface area contributed by atoms with Crippen molar-refractivity contribution in [2.24, 2.45) is 0 Å². The maximum Gasteiger partial charge on any atom is 0.0411 e. The Morgan fingerprint density at radius 2 is 1.95 bits per heavy atom. The molecule has 1 aliphatic rings. The van der Waals surface area contributed by atoms with Crippen LogP contribution in [0.5, 0.6) is 0 Å². The van der Waals surface area contributed by atoms with E-state index in [1.807, 2.05) is 11.8 Å². The van der Waals surface area contributed by atoms with Gasteiger partial charge < -0.3 is 5.32 Å². The molecule has 0 heterocycles. The molecule has 0 aromatic heterocycles. The summed E-state index contributed by atoms with van der Waals surface area (Å²) in [6, 6.07) is 9.92. The van der Waals surface area contributed by atoms with E-state index in [9.17, 15) is 0 Å². The molecule has 0 spiro atoms. The van der Waals surface area contributed by atoms with E-state index in [1.54, 1.807) is 5.56 Å². The Morgan fingerprint density at radius 3 is 2.47 bits per heavy atom. The van der Waals surface area contributed by atoms with E-state index < -0.39 is 0 Å². The lowest BCUT2D eigenvalue weighted by molar-refractivity contribution is 0.419. The van der Waals surface area contributed by atoms with Crippen molar-refractivity contribution in [2.75, 3.05) is 18.1 Å². The summed E-state index contributed by atoms with van der Waals surface area (Å²) in [5, 5.41) is 3.68. The number of benzene rings is 1. The molecule has 0 aliphatic heterocycles. The van der Waals surface area contributed by atoms with Crippen LogP contribution in [0.3, 0.4) is 0 Å². The third-order valence-corrected chi connectivity index (χ3v) is 5.02. The van der Waals surface area contributed by atoms with Crippen LogP contribution in [0.1, 0.15) is 62.6 Å². The molecular weight excluding hydrogens is 250 g/mol. The SMILES string of the molecule is CCCNC(CSCC)c1ccc(C2CCC2)cc1. The average Bonchev–Trinajstić information content (AvgIpc) is 2.38. The molecule has 1 aromatic rings. The monoisotopic (exact) mass is 277 g/mol. The first kappa shape index (κ1) is 14.9. The minimum atomic E-state index is 0.514. The summed E-state index contributed by atoms with van der Waals surface area (Å²) < 4.78 is 0. The Hall–Kier alpha value is -0.470. The summed E-state index contributed by atoms with van der Waals surface area (Å²) >= 11 is 2.03. The van der Waals surface area contributed by atoms with E-state index in [0.717, 1.165) is 12.5 Å². The van der Waals surface area contributed by atoms with Crippen LogP contribution in [0, 0.1) is 0 Å². The molecule has 0 saturated heterocycles. The van der Waals surface area contributed by atoms with E-state index >= 15 is 0 Å². The van der Waals surface area contributed by atoms with Crippen LogP contribution >= 0.6 is 11.8 Å². The second-order valence-electron chi connectivity index (χ2n) is 5.46. The summed E-state index contributed by atoms with van der Waals surface area (Å²) in [4.78, 5) is 0. The second-order valence-corrected chi connectivity index (χ2v) is 6.78. The topological polar surface area (TPSA) is 12.0 Å². The molecule has 1 aromatic carbocycles. The third-order valence-electron chi connectivity index (χ3n) is 4.04. The van der Waals surface area contributed by atoms with Crippen molar-refractivity contribution in [3.8, 4) is 0 Å². The van der Waals surface area contributed by atoms with Crippen LogP contribution in [0.4, 0.5) is 0 Å². The van der Waals surface area contributed by atoms with Gasteiger partial charge in [0.2, 0.25) is 0 Å². The zero-order valence-electron chi connectivity index (χ0n) is 12.3. The van der Waals surface area contributed by atoms with Crippen LogP contribution in [-0.2, 0) is 0 Å². The van der Waals surface area contributed by atoms with Crippen LogP contribution in [-0.4, -0.2) is 18.1 Å². The largest absolute Gasteiger partial charge is 0.309 e. The summed E-state index contributed by atoms with van der Waals surface area (Å²) in [6.45, 7) is 5.58. The van der Waals surface area contributed by atoms with Crippen molar-refractivity contribution in [3.05, 3.63) is 35.4 Å². The highest BCUT2D eigenvalue weighted by Crippen LogP contribution is 2.36. The summed E-state index contributed by atoms with van der Waals surface area (Å²) in [7, 11) is 0. The Bertz CT molecular complexity index is 348. The molecule has 1 fully saturated rings. The predicted molar refractivity (Wildman–Crippen MR) is 87.1 cm³/mol. The second kappa shape index (κ2) is 7.96. The van der Waals surface area contributed by atoms with Gasteiger partial charge in [0.25, 0.3) is 0 Å². The number of rotatable bonds is 8. The van der Waals surface area contributed by atoms with E-state index in [-0.39, 0.29) is 0 Å². The Kier molecular flexibility index (Phi) is 6.25. The van der Waals surface area contributed by atoms with Crippen molar-refractivity contribution < 1.29 is 0 Å². The molecule has 1 unspecified atom stereocenters. The highest BCUT2D eigenvalue weighted by atomic mass is 32.2. The lowest BCUT2D eigenvalue weighted by Gasteiger charge is -2.26. The first-order valence-corrected chi connectivity index (χ1v) is 8.91. The minimum Gasteiger partial charge on any atom is -0.309 e. The summed E-state index contributed by atoms with van der Waals surface area (Å²) in [5.74, 6) is 3.23. The minimum absolute atomic E-state index is 0.514. The molecule has 1 nitrogen and oxygen atoms in total. The van der Waals surface area contributed by atoms with Crippen molar-refractivity contribution in [1.82, 2.24) is 5.32 Å². The van der Waals surface area contributed by atoms with Gasteiger partial charge in [-0.05, 0) is 48.6 Å². The van der Waals surface area contributed by atoms with E-state index in [2.05, 4.69) is 43.4 Å². The zero-order chi connectivity index (χ0) is 13.5. The van der Waals surface area contributed by atoms with Gasteiger partial charge in [0, 0.05) is 11.8 Å². The van der Waals surface area contributed by atoms with E-state index in [1.165, 1.54) is 42.8 Å². The lowest BCUT2D eigenvalue weighted by Crippen LogP contribution is -2.24. The Balaban J connectivity index is 1.98. The number of nitrogens with one attached hydrogen (secondary N) is 1. The Labute approximate surface area is 122 Å². The van der Waals surface area contributed by atoms with Crippen molar-refractivity contribution in [3.63, 3.8) is 0 Å². The fraction of sp³-hybridized carbons (Fsp3) is 0.647. The third kappa shape index (κ3) is 4.25. The molecule has 1 N–H and O–H groups in total. The van der Waals surface area contributed by atoms with Crippen molar-refractivity contribution in [1.29, 1.82) is 0 Å². The van der Waals surface area contributed by atoms with Gasteiger partial charge in [-0.15, -0.1) is 0 Å². The van der Waals surface area contributed by atoms with Gasteiger partial charge in [0.05, 0.1) is 0 Å². The molecule has 1 atom stereocenters. The summed E-state index contributed by atoms with van der Waals surface area (Å²) in [6.07, 6.45) is 5.40. The molecule has 0 amide bonds. The van der Waals surface area contributed by atoms with Gasteiger partial charge in [-0.25, -0.2) is 0 Å². The molecule has 19 heavy (non-hydrogen) atoms. The van der Waals surface area contributed by atoms with Crippen LogP contribution in [0.25, 0.3) is 0 Å². The number of hydrogen-bond acceptors (Lipinski definition) is 2. The highest BCUT2D eigenvalue weighted by molar-refractivity contribution is 7.99. The lowest BCUT2D eigenvalue weighted by atomic mass is 9.80. The maximum absolute atomic E-state index is 3.68. The molecule has 106 valence electrons. The number of hydrogen-bond donors (Lipinski definition) is 1. The standard InChI is InChI=1S/C17H27NS/c1-3-12-18-17(13-19-4-2)16-10-8-15(9-11-16)14-6-5-7-14/h8-11,14,17-18H,3-7,12-13H2,1-2H3. The van der Waals surface area contributed by atoms with Gasteiger partial charge in [0.15, 0.2) is 0 Å². The molecular formula is C17H27NS. The fourth-order valence-electron chi connectivity index (χ4n) is 2.57. The van der Waals surface area contributed by atoms with Gasteiger partial charge >= 0.3 is 0 Å². The molecule has 1 aliphatic carbocycles. The first-order chi connectivity index (χ1) is 9.35. The smallest absolute Gasteiger partial charge is 0.0411 e. The normalized spacial score (nSPS) is 17.2. The summed E-state index contributed by atoms with van der Waals surface area (Å²) in [5.41, 5.74) is 3.00. The maximum atomic E-state index is 3.68. The number of thioether (sulfide) groups is 1.